The highest BCUT2D eigenvalue weighted by atomic mass is 19.1. The number of halogens is 1. The highest BCUT2D eigenvalue weighted by molar-refractivity contribution is 5.98. The molecule has 1 unspecified atom stereocenters. The van der Waals surface area contributed by atoms with Crippen LogP contribution in [-0.2, 0) is 4.79 Å². The molecule has 8 heteroatoms. The zero-order valence-corrected chi connectivity index (χ0v) is 18.6. The van der Waals surface area contributed by atoms with E-state index in [1.807, 2.05) is 0 Å². The Labute approximate surface area is 192 Å². The number of piperidine rings is 1. The molecule has 2 aromatic rings. The summed E-state index contributed by atoms with van der Waals surface area (Å²) in [5, 5.41) is 5.59. The molecule has 1 aliphatic rings. The van der Waals surface area contributed by atoms with Gasteiger partial charge in [0.05, 0.1) is 12.7 Å². The smallest absolute Gasteiger partial charge is 0.256 e. The minimum atomic E-state index is -0.773. The van der Waals surface area contributed by atoms with Crippen molar-refractivity contribution >= 4 is 17.7 Å². The first-order valence-electron chi connectivity index (χ1n) is 10.8. The van der Waals surface area contributed by atoms with Gasteiger partial charge in [-0.1, -0.05) is 18.2 Å². The average Bonchev–Trinajstić information content (AvgIpc) is 2.85. The highest BCUT2D eigenvalue weighted by Gasteiger charge is 2.34. The number of benzene rings is 2. The van der Waals surface area contributed by atoms with Crippen LogP contribution in [0.3, 0.4) is 0 Å². The summed E-state index contributed by atoms with van der Waals surface area (Å²) >= 11 is 0. The maximum Gasteiger partial charge on any atom is 0.256 e. The van der Waals surface area contributed by atoms with Gasteiger partial charge in [-0.05, 0) is 55.2 Å². The Hall–Kier alpha value is -3.68. The van der Waals surface area contributed by atoms with Crippen molar-refractivity contribution in [3.8, 4) is 5.75 Å². The van der Waals surface area contributed by atoms with Gasteiger partial charge in [0.15, 0.2) is 0 Å². The van der Waals surface area contributed by atoms with Gasteiger partial charge >= 0.3 is 0 Å². The minimum absolute atomic E-state index is 0.0315. The second kappa shape index (κ2) is 11.3. The summed E-state index contributed by atoms with van der Waals surface area (Å²) in [4.78, 5) is 39.9. The van der Waals surface area contributed by atoms with Gasteiger partial charge in [-0.3, -0.25) is 14.4 Å². The van der Waals surface area contributed by atoms with Crippen molar-refractivity contribution in [3.05, 3.63) is 78.1 Å². The van der Waals surface area contributed by atoms with Crippen molar-refractivity contribution in [3.63, 3.8) is 0 Å². The summed E-state index contributed by atoms with van der Waals surface area (Å²) in [5.74, 6) is -1.17. The van der Waals surface area contributed by atoms with Gasteiger partial charge in [0.1, 0.15) is 17.6 Å². The lowest BCUT2D eigenvalue weighted by atomic mass is 9.88. The van der Waals surface area contributed by atoms with E-state index in [9.17, 15) is 18.8 Å². The van der Waals surface area contributed by atoms with E-state index >= 15 is 0 Å². The number of amides is 3. The predicted octanol–water partition coefficient (Wildman–Crippen LogP) is 2.79. The normalized spacial score (nSPS) is 14.8. The summed E-state index contributed by atoms with van der Waals surface area (Å²) in [6, 6.07) is 11.7. The summed E-state index contributed by atoms with van der Waals surface area (Å²) in [6.45, 7) is 4.61. The Morgan fingerprint density at radius 2 is 1.82 bits per heavy atom. The summed E-state index contributed by atoms with van der Waals surface area (Å²) in [7, 11) is 1.54. The van der Waals surface area contributed by atoms with Gasteiger partial charge in [-0.25, -0.2) is 4.39 Å². The molecule has 0 saturated carbocycles. The number of nitrogens with one attached hydrogen (secondary N) is 2. The molecule has 1 fully saturated rings. The van der Waals surface area contributed by atoms with E-state index in [1.54, 1.807) is 48.4 Å². The number of carbonyl (C=O) groups is 3. The molecule has 2 aromatic carbocycles. The maximum absolute atomic E-state index is 14.0. The number of rotatable bonds is 8. The lowest BCUT2D eigenvalue weighted by molar-refractivity contribution is -0.124. The van der Waals surface area contributed by atoms with E-state index in [-0.39, 0.29) is 35.7 Å². The van der Waals surface area contributed by atoms with E-state index < -0.39 is 11.9 Å². The van der Waals surface area contributed by atoms with E-state index in [2.05, 4.69) is 17.2 Å². The third-order valence-corrected chi connectivity index (χ3v) is 5.74. The molecule has 1 heterocycles. The van der Waals surface area contributed by atoms with Crippen LogP contribution in [0, 0.1) is 11.7 Å². The maximum atomic E-state index is 14.0. The van der Waals surface area contributed by atoms with Gasteiger partial charge in [-0.15, -0.1) is 6.58 Å². The van der Waals surface area contributed by atoms with Crippen LogP contribution < -0.4 is 15.4 Å². The molecular formula is C25H28FN3O4. The average molecular weight is 454 g/mol. The van der Waals surface area contributed by atoms with Gasteiger partial charge in [0.2, 0.25) is 5.91 Å². The van der Waals surface area contributed by atoms with Crippen LogP contribution in [0.4, 0.5) is 4.39 Å². The van der Waals surface area contributed by atoms with Crippen LogP contribution in [0.25, 0.3) is 0 Å². The molecule has 0 aromatic heterocycles. The zero-order chi connectivity index (χ0) is 23.8. The van der Waals surface area contributed by atoms with Crippen LogP contribution in [0.1, 0.15) is 33.6 Å². The topological polar surface area (TPSA) is 87.7 Å². The fourth-order valence-corrected chi connectivity index (χ4v) is 3.89. The Bertz CT molecular complexity index is 1000. The molecular weight excluding hydrogens is 425 g/mol. The molecule has 174 valence electrons. The van der Waals surface area contributed by atoms with Gasteiger partial charge in [0, 0.05) is 25.2 Å². The SMILES string of the molecule is C=CCNC(=O)C(NC(=O)c1ccc(OC)cc1)C1CCN(C(=O)c2ccccc2F)CC1. The van der Waals surface area contributed by atoms with Crippen LogP contribution in [-0.4, -0.2) is 55.4 Å². The zero-order valence-electron chi connectivity index (χ0n) is 18.6. The molecule has 33 heavy (non-hydrogen) atoms. The first-order valence-corrected chi connectivity index (χ1v) is 10.8. The summed E-state index contributed by atoms with van der Waals surface area (Å²) in [6.07, 6.45) is 2.56. The number of hydrogen-bond donors (Lipinski definition) is 2. The fraction of sp³-hybridized carbons (Fsp3) is 0.320. The molecule has 2 N–H and O–H groups in total. The minimum Gasteiger partial charge on any atom is -0.497 e. The number of likely N-dealkylation sites (tertiary alicyclic amines) is 1. The predicted molar refractivity (Wildman–Crippen MR) is 122 cm³/mol. The van der Waals surface area contributed by atoms with Crippen molar-refractivity contribution in [2.45, 2.75) is 18.9 Å². The molecule has 3 rings (SSSR count). The number of hydrogen-bond acceptors (Lipinski definition) is 4. The van der Waals surface area contributed by atoms with Crippen molar-refractivity contribution in [1.82, 2.24) is 15.5 Å². The molecule has 7 nitrogen and oxygen atoms in total. The van der Waals surface area contributed by atoms with E-state index in [4.69, 9.17) is 4.74 Å². The van der Waals surface area contributed by atoms with Crippen LogP contribution in [0.15, 0.2) is 61.2 Å². The van der Waals surface area contributed by atoms with Crippen molar-refractivity contribution in [2.24, 2.45) is 5.92 Å². The fourth-order valence-electron chi connectivity index (χ4n) is 3.89. The Balaban J connectivity index is 1.69. The molecule has 1 aliphatic heterocycles. The standard InChI is InChI=1S/C25H28FN3O4/c1-3-14-27-24(31)22(28-23(30)18-8-10-19(33-2)11-9-18)17-12-15-29(16-13-17)25(32)20-6-4-5-7-21(20)26/h3-11,17,22H,1,12-16H2,2H3,(H,27,31)(H,28,30). The lowest BCUT2D eigenvalue weighted by Crippen LogP contribution is -2.53. The third kappa shape index (κ3) is 5.97. The van der Waals surface area contributed by atoms with E-state index in [0.717, 1.165) is 0 Å². The van der Waals surface area contributed by atoms with Crippen LogP contribution in [0.5, 0.6) is 5.75 Å². The Morgan fingerprint density at radius 3 is 2.42 bits per heavy atom. The van der Waals surface area contributed by atoms with Gasteiger partial charge in [-0.2, -0.15) is 0 Å². The van der Waals surface area contributed by atoms with Gasteiger partial charge < -0.3 is 20.3 Å². The monoisotopic (exact) mass is 453 g/mol. The highest BCUT2D eigenvalue weighted by Crippen LogP contribution is 2.24. The summed E-state index contributed by atoms with van der Waals surface area (Å²) in [5.41, 5.74) is 0.438. The first kappa shape index (κ1) is 24.0. The number of methoxy groups -OCH3 is 1. The lowest BCUT2D eigenvalue weighted by Gasteiger charge is -2.36. The van der Waals surface area contributed by atoms with E-state index in [0.29, 0.717) is 37.2 Å². The second-order valence-corrected chi connectivity index (χ2v) is 7.82. The number of ether oxygens (including phenoxy) is 1. The van der Waals surface area contributed by atoms with Crippen LogP contribution in [0.2, 0.25) is 0 Å². The largest absolute Gasteiger partial charge is 0.497 e. The Morgan fingerprint density at radius 1 is 1.15 bits per heavy atom. The van der Waals surface area contributed by atoms with Gasteiger partial charge in [0.25, 0.3) is 11.8 Å². The third-order valence-electron chi connectivity index (χ3n) is 5.74. The molecule has 3 amide bonds. The molecule has 1 atom stereocenters. The quantitative estimate of drug-likeness (QED) is 0.602. The van der Waals surface area contributed by atoms with Crippen molar-refractivity contribution in [1.29, 1.82) is 0 Å². The molecule has 0 spiro atoms. The second-order valence-electron chi connectivity index (χ2n) is 7.82. The molecule has 1 saturated heterocycles. The van der Waals surface area contributed by atoms with Crippen molar-refractivity contribution < 1.29 is 23.5 Å². The Kier molecular flexibility index (Phi) is 8.18. The molecule has 0 aliphatic carbocycles. The number of nitrogens with zero attached hydrogens (tertiary/aromatic N) is 1. The number of carbonyl (C=O) groups excluding carboxylic acids is 3. The summed E-state index contributed by atoms with van der Waals surface area (Å²) < 4.78 is 19.1. The van der Waals surface area contributed by atoms with E-state index in [1.165, 1.54) is 18.2 Å². The molecule has 0 radical (unpaired) electrons. The van der Waals surface area contributed by atoms with Crippen molar-refractivity contribution in [2.75, 3.05) is 26.7 Å². The van der Waals surface area contributed by atoms with Crippen LogP contribution >= 0.6 is 0 Å². The first-order chi connectivity index (χ1) is 15.9. The molecule has 0 bridgehead atoms.